The second kappa shape index (κ2) is 20.5. The van der Waals surface area contributed by atoms with Gasteiger partial charge in [-0.1, -0.05) is 30.9 Å². The van der Waals surface area contributed by atoms with Crippen LogP contribution in [-0.4, -0.2) is 105 Å². The third-order valence-electron chi connectivity index (χ3n) is 7.25. The number of amides is 6. The highest BCUT2D eigenvalue weighted by molar-refractivity contribution is 7.89. The number of benzene rings is 1. The van der Waals surface area contributed by atoms with Crippen LogP contribution in [0.2, 0.25) is 0 Å². The summed E-state index contributed by atoms with van der Waals surface area (Å²) in [6, 6.07) is 3.09. The van der Waals surface area contributed by atoms with E-state index in [0.29, 0.717) is 32.1 Å². The smallest absolute Gasteiger partial charge is 0.407 e. The van der Waals surface area contributed by atoms with E-state index in [-0.39, 0.29) is 50.4 Å². The third kappa shape index (κ3) is 13.6. The number of carboxylic acids is 1. The Kier molecular flexibility index (Phi) is 16.9. The van der Waals surface area contributed by atoms with Crippen LogP contribution in [0.5, 0.6) is 0 Å². The van der Waals surface area contributed by atoms with Crippen molar-refractivity contribution in [2.45, 2.75) is 74.4 Å². The number of unbranched alkanes of at least 4 members (excludes halogenated alkanes) is 2. The Labute approximate surface area is 279 Å². The molecule has 1 fully saturated rings. The quantitative estimate of drug-likeness (QED) is 0.0666. The highest BCUT2D eigenvalue weighted by Gasteiger charge is 2.40. The van der Waals surface area contributed by atoms with Gasteiger partial charge in [0.1, 0.15) is 24.7 Å². The van der Waals surface area contributed by atoms with E-state index in [1.165, 1.54) is 18.2 Å². The lowest BCUT2D eigenvalue weighted by Gasteiger charge is -2.25. The second-order valence-electron chi connectivity index (χ2n) is 10.9. The van der Waals surface area contributed by atoms with E-state index in [1.807, 2.05) is 0 Å². The third-order valence-corrected chi connectivity index (χ3v) is 9.18. The predicted octanol–water partition coefficient (Wildman–Crippen LogP) is -0.0688. The van der Waals surface area contributed by atoms with Crippen LogP contribution in [0.1, 0.15) is 51.4 Å². The van der Waals surface area contributed by atoms with Crippen LogP contribution in [0.25, 0.3) is 0 Å². The van der Waals surface area contributed by atoms with E-state index in [0.717, 1.165) is 4.31 Å². The van der Waals surface area contributed by atoms with E-state index in [2.05, 4.69) is 33.2 Å². The molecule has 1 heterocycles. The molecule has 1 aromatic rings. The van der Waals surface area contributed by atoms with Gasteiger partial charge in [0.05, 0.1) is 4.90 Å². The van der Waals surface area contributed by atoms with Crippen molar-refractivity contribution < 1.29 is 47.0 Å². The second-order valence-corrected chi connectivity index (χ2v) is 12.8. The molecule has 0 radical (unpaired) electrons. The zero-order valence-electron chi connectivity index (χ0n) is 26.6. The van der Waals surface area contributed by atoms with Gasteiger partial charge in [-0.15, -0.1) is 0 Å². The minimum Gasteiger partial charge on any atom is -0.480 e. The molecule has 0 saturated carbocycles. The number of ether oxygens (including phenoxy) is 1. The molecule has 266 valence electrons. The number of nitrogens with zero attached hydrogens (tertiary/aromatic N) is 1. The van der Waals surface area contributed by atoms with Gasteiger partial charge in [0.25, 0.3) is 0 Å². The molecule has 0 aromatic heterocycles. The van der Waals surface area contributed by atoms with Crippen LogP contribution < -0.4 is 32.3 Å². The fraction of sp³-hybridized carbons (Fsp3) is 0.533. The molecular formula is C30H45N7O10S. The number of sulfonamides is 1. The minimum absolute atomic E-state index is 0.00516. The number of primary amides is 1. The van der Waals surface area contributed by atoms with Gasteiger partial charge >= 0.3 is 18.1 Å². The van der Waals surface area contributed by atoms with Gasteiger partial charge in [-0.25, -0.2) is 22.8 Å². The van der Waals surface area contributed by atoms with E-state index < -0.39 is 70.5 Å². The zero-order valence-corrected chi connectivity index (χ0v) is 27.5. The molecule has 6 amide bonds. The number of urea groups is 1. The van der Waals surface area contributed by atoms with Crippen molar-refractivity contribution in [2.24, 2.45) is 5.73 Å². The highest BCUT2D eigenvalue weighted by Crippen LogP contribution is 2.26. The molecule has 1 aromatic carbocycles. The molecule has 18 heteroatoms. The molecule has 0 spiro atoms. The fourth-order valence-corrected chi connectivity index (χ4v) is 6.50. The number of hydrogen-bond acceptors (Lipinski definition) is 9. The Balaban J connectivity index is 2.00. The SMILES string of the molecule is C=CCOC(=O)NCCCCC(NC(=O)CCCCNC(N)=O)C(=O)NCC(NC(=O)C1CCCN1S(=O)(=O)c1ccccc1)C(=O)O. The summed E-state index contributed by atoms with van der Waals surface area (Å²) in [6.45, 7) is 3.54. The van der Waals surface area contributed by atoms with Gasteiger partial charge < -0.3 is 42.2 Å². The lowest BCUT2D eigenvalue weighted by molar-refractivity contribution is -0.142. The van der Waals surface area contributed by atoms with Gasteiger partial charge in [-0.3, -0.25) is 14.4 Å². The summed E-state index contributed by atoms with van der Waals surface area (Å²) < 4.78 is 32.2. The number of aliphatic carboxylic acids is 1. The van der Waals surface area contributed by atoms with Crippen molar-refractivity contribution in [2.75, 3.05) is 32.8 Å². The lowest BCUT2D eigenvalue weighted by Crippen LogP contribution is -2.55. The monoisotopic (exact) mass is 695 g/mol. The first-order valence-electron chi connectivity index (χ1n) is 15.6. The number of carbonyl (C=O) groups excluding carboxylic acids is 5. The van der Waals surface area contributed by atoms with Gasteiger partial charge in [-0.05, 0) is 57.1 Å². The number of alkyl carbamates (subject to hydrolysis) is 1. The summed E-state index contributed by atoms with van der Waals surface area (Å²) in [7, 11) is -4.02. The van der Waals surface area contributed by atoms with Crippen molar-refractivity contribution in [3.05, 3.63) is 43.0 Å². The Morgan fingerprint density at radius 2 is 1.67 bits per heavy atom. The maximum absolute atomic E-state index is 13.2. The van der Waals surface area contributed by atoms with Crippen molar-refractivity contribution in [3.8, 4) is 0 Å². The van der Waals surface area contributed by atoms with Crippen LogP contribution in [0.4, 0.5) is 9.59 Å². The Hall–Kier alpha value is -4.71. The maximum Gasteiger partial charge on any atom is 0.407 e. The van der Waals surface area contributed by atoms with Crippen LogP contribution in [-0.2, 0) is 33.9 Å². The standard InChI is InChI=1S/C30H45N7O10S/c1-2-19-47-30(44)33-17-8-6-13-22(35-25(38)15-7-9-16-32-29(31)43)26(39)34-20-23(28(41)42)36-27(40)24-14-10-18-37(24)48(45,46)21-11-4-3-5-12-21/h2-5,11-12,22-24H,1,6-10,13-20H2,(H,33,44)(H,34,39)(H,35,38)(H,36,40)(H,41,42)(H3,31,32,43). The van der Waals surface area contributed by atoms with E-state index in [1.54, 1.807) is 18.2 Å². The van der Waals surface area contributed by atoms with Crippen LogP contribution >= 0.6 is 0 Å². The average Bonchev–Trinajstić information content (AvgIpc) is 3.56. The summed E-state index contributed by atoms with van der Waals surface area (Å²) >= 11 is 0. The molecule has 0 bridgehead atoms. The summed E-state index contributed by atoms with van der Waals surface area (Å²) in [5.41, 5.74) is 5.02. The predicted molar refractivity (Wildman–Crippen MR) is 173 cm³/mol. The molecule has 3 atom stereocenters. The molecule has 17 nitrogen and oxygen atoms in total. The van der Waals surface area contributed by atoms with Crippen LogP contribution in [0.3, 0.4) is 0 Å². The van der Waals surface area contributed by atoms with Crippen molar-refractivity contribution in [1.29, 1.82) is 0 Å². The minimum atomic E-state index is -4.02. The molecule has 1 saturated heterocycles. The Bertz CT molecular complexity index is 1380. The molecule has 0 aliphatic carbocycles. The fourth-order valence-electron chi connectivity index (χ4n) is 4.82. The van der Waals surface area contributed by atoms with E-state index in [9.17, 15) is 42.3 Å². The number of carbonyl (C=O) groups is 6. The maximum atomic E-state index is 13.2. The number of nitrogens with two attached hydrogens (primary N) is 1. The first-order valence-corrected chi connectivity index (χ1v) is 17.0. The van der Waals surface area contributed by atoms with Crippen molar-refractivity contribution >= 4 is 45.8 Å². The van der Waals surface area contributed by atoms with Crippen LogP contribution in [0.15, 0.2) is 47.9 Å². The Morgan fingerprint density at radius 3 is 2.33 bits per heavy atom. The zero-order chi connectivity index (χ0) is 35.5. The van der Waals surface area contributed by atoms with Crippen molar-refractivity contribution in [3.63, 3.8) is 0 Å². The van der Waals surface area contributed by atoms with E-state index in [4.69, 9.17) is 10.5 Å². The molecule has 3 unspecified atom stereocenters. The summed E-state index contributed by atoms with van der Waals surface area (Å²) in [4.78, 5) is 73.3. The molecule has 2 rings (SSSR count). The summed E-state index contributed by atoms with van der Waals surface area (Å²) in [6.07, 6.45) is 3.21. The normalized spacial score (nSPS) is 15.7. The lowest BCUT2D eigenvalue weighted by atomic mass is 10.1. The van der Waals surface area contributed by atoms with Crippen molar-refractivity contribution in [1.82, 2.24) is 30.9 Å². The average molecular weight is 696 g/mol. The molecule has 1 aliphatic rings. The molecule has 48 heavy (non-hydrogen) atoms. The molecule has 8 N–H and O–H groups in total. The first-order chi connectivity index (χ1) is 22.9. The Morgan fingerprint density at radius 1 is 0.979 bits per heavy atom. The largest absolute Gasteiger partial charge is 0.480 e. The van der Waals surface area contributed by atoms with Crippen LogP contribution in [0, 0.1) is 0 Å². The molecular weight excluding hydrogens is 650 g/mol. The van der Waals surface area contributed by atoms with Gasteiger partial charge in [0, 0.05) is 32.6 Å². The molecule has 1 aliphatic heterocycles. The first kappa shape index (κ1) is 39.5. The van der Waals surface area contributed by atoms with Gasteiger partial charge in [0.15, 0.2) is 0 Å². The number of hydrogen-bond donors (Lipinski definition) is 7. The topological polar surface area (TPSA) is 255 Å². The summed E-state index contributed by atoms with van der Waals surface area (Å²) in [5, 5.41) is 22.2. The van der Waals surface area contributed by atoms with Gasteiger partial charge in [0.2, 0.25) is 27.7 Å². The number of carboxylic acid groups (broad SMARTS) is 1. The van der Waals surface area contributed by atoms with Gasteiger partial charge in [-0.2, -0.15) is 4.31 Å². The number of nitrogens with one attached hydrogen (secondary N) is 5. The number of rotatable bonds is 21. The van der Waals surface area contributed by atoms with E-state index >= 15 is 0 Å². The highest BCUT2D eigenvalue weighted by atomic mass is 32.2. The summed E-state index contributed by atoms with van der Waals surface area (Å²) in [5.74, 6) is -3.43.